The molecule has 0 amide bonds. The Morgan fingerprint density at radius 2 is 2.14 bits per heavy atom. The van der Waals surface area contributed by atoms with Gasteiger partial charge in [0.2, 0.25) is 0 Å². The molecule has 1 aromatic rings. The van der Waals surface area contributed by atoms with Crippen molar-refractivity contribution < 1.29 is 14.8 Å². The summed E-state index contributed by atoms with van der Waals surface area (Å²) >= 11 is 0. The lowest BCUT2D eigenvalue weighted by Crippen LogP contribution is -2.30. The number of nitro benzene ring substituents is 1. The summed E-state index contributed by atoms with van der Waals surface area (Å²) in [5.41, 5.74) is 0.00134. The van der Waals surface area contributed by atoms with Gasteiger partial charge in [0, 0.05) is 25.2 Å². The minimum atomic E-state index is -1.24. The van der Waals surface area contributed by atoms with Gasteiger partial charge in [0.15, 0.2) is 0 Å². The number of carbonyl (C=O) groups is 1. The van der Waals surface area contributed by atoms with Gasteiger partial charge in [-0.2, -0.15) is 0 Å². The molecule has 0 aliphatic heterocycles. The van der Waals surface area contributed by atoms with Gasteiger partial charge in [-0.25, -0.2) is 4.79 Å². The molecule has 0 aromatic heterocycles. The van der Waals surface area contributed by atoms with Crippen molar-refractivity contribution in [3.05, 3.63) is 39.4 Å². The zero-order valence-electron chi connectivity index (χ0n) is 12.3. The first-order valence-corrected chi connectivity index (χ1v) is 7.13. The molecule has 1 aliphatic rings. The fraction of sp³-hybridized carbons (Fsp3) is 0.533. The molecule has 0 atom stereocenters. The average molecular weight is 292 g/mol. The Hall–Kier alpha value is -1.95. The molecule has 6 nitrogen and oxygen atoms in total. The Labute approximate surface area is 123 Å². The van der Waals surface area contributed by atoms with Gasteiger partial charge in [-0.1, -0.05) is 26.0 Å². The van der Waals surface area contributed by atoms with E-state index in [0.717, 1.165) is 19.4 Å². The van der Waals surface area contributed by atoms with Crippen LogP contribution in [0.15, 0.2) is 18.2 Å². The van der Waals surface area contributed by atoms with Crippen LogP contribution in [0.4, 0.5) is 5.69 Å². The van der Waals surface area contributed by atoms with Gasteiger partial charge in [0.05, 0.1) is 4.92 Å². The van der Waals surface area contributed by atoms with Crippen LogP contribution < -0.4 is 0 Å². The van der Waals surface area contributed by atoms with Crippen molar-refractivity contribution in [2.45, 2.75) is 39.3 Å². The summed E-state index contributed by atoms with van der Waals surface area (Å²) in [5, 5.41) is 20.3. The number of rotatable bonds is 7. The average Bonchev–Trinajstić information content (AvgIpc) is 3.20. The number of benzene rings is 1. The molecular formula is C15H20N2O4. The second kappa shape index (κ2) is 6.22. The molecule has 0 unspecified atom stereocenters. The van der Waals surface area contributed by atoms with Crippen LogP contribution in [0.2, 0.25) is 0 Å². The number of nitro groups is 1. The van der Waals surface area contributed by atoms with Gasteiger partial charge in [0.25, 0.3) is 5.69 Å². The summed E-state index contributed by atoms with van der Waals surface area (Å²) in [7, 11) is 0. The SMILES string of the molecule is CC(C)CN(Cc1cccc([N+](=O)[O-])c1C(=O)O)C1CC1. The van der Waals surface area contributed by atoms with Crippen LogP contribution in [0.25, 0.3) is 0 Å². The third kappa shape index (κ3) is 3.78. The first-order chi connectivity index (χ1) is 9.90. The van der Waals surface area contributed by atoms with Crippen molar-refractivity contribution in [2.24, 2.45) is 5.92 Å². The van der Waals surface area contributed by atoms with Crippen LogP contribution in [-0.2, 0) is 6.54 Å². The lowest BCUT2D eigenvalue weighted by molar-refractivity contribution is -0.385. The number of aromatic carboxylic acids is 1. The summed E-state index contributed by atoms with van der Waals surface area (Å²) in [5.74, 6) is -0.768. The van der Waals surface area contributed by atoms with E-state index in [9.17, 15) is 20.0 Å². The highest BCUT2D eigenvalue weighted by molar-refractivity contribution is 5.94. The van der Waals surface area contributed by atoms with Gasteiger partial charge in [-0.15, -0.1) is 0 Å². The topological polar surface area (TPSA) is 83.7 Å². The van der Waals surface area contributed by atoms with E-state index < -0.39 is 10.9 Å². The Balaban J connectivity index is 2.31. The molecule has 0 saturated heterocycles. The molecule has 21 heavy (non-hydrogen) atoms. The van der Waals surface area contributed by atoms with Crippen molar-refractivity contribution in [3.8, 4) is 0 Å². The van der Waals surface area contributed by atoms with E-state index in [1.807, 2.05) is 0 Å². The van der Waals surface area contributed by atoms with Gasteiger partial charge in [-0.3, -0.25) is 15.0 Å². The number of nitrogens with zero attached hydrogens (tertiary/aromatic N) is 2. The maximum absolute atomic E-state index is 11.4. The lowest BCUT2D eigenvalue weighted by atomic mass is 10.0. The molecule has 6 heteroatoms. The van der Waals surface area contributed by atoms with Crippen molar-refractivity contribution in [3.63, 3.8) is 0 Å². The largest absolute Gasteiger partial charge is 0.477 e. The van der Waals surface area contributed by atoms with Crippen LogP contribution in [0.1, 0.15) is 42.6 Å². The van der Waals surface area contributed by atoms with E-state index in [-0.39, 0.29) is 11.3 Å². The molecule has 114 valence electrons. The van der Waals surface area contributed by atoms with Crippen molar-refractivity contribution in [1.29, 1.82) is 0 Å². The Morgan fingerprint density at radius 1 is 1.48 bits per heavy atom. The first kappa shape index (κ1) is 15.4. The highest BCUT2D eigenvalue weighted by Crippen LogP contribution is 2.31. The fourth-order valence-corrected chi connectivity index (χ4v) is 2.59. The highest BCUT2D eigenvalue weighted by Gasteiger charge is 2.31. The summed E-state index contributed by atoms with van der Waals surface area (Å²) in [4.78, 5) is 24.0. The van der Waals surface area contributed by atoms with E-state index in [0.29, 0.717) is 24.1 Å². The zero-order chi connectivity index (χ0) is 15.6. The molecule has 0 spiro atoms. The molecule has 1 N–H and O–H groups in total. The molecule has 0 radical (unpaired) electrons. The van der Waals surface area contributed by atoms with Crippen LogP contribution in [0.3, 0.4) is 0 Å². The molecule has 1 saturated carbocycles. The molecule has 2 rings (SSSR count). The highest BCUT2D eigenvalue weighted by atomic mass is 16.6. The van der Waals surface area contributed by atoms with E-state index in [1.54, 1.807) is 12.1 Å². The fourth-order valence-electron chi connectivity index (χ4n) is 2.59. The quantitative estimate of drug-likeness (QED) is 0.617. The number of hydrogen-bond donors (Lipinski definition) is 1. The minimum Gasteiger partial charge on any atom is -0.477 e. The van der Waals surface area contributed by atoms with Crippen LogP contribution in [0.5, 0.6) is 0 Å². The molecule has 1 aliphatic carbocycles. The third-order valence-corrected chi connectivity index (χ3v) is 3.58. The second-order valence-electron chi connectivity index (χ2n) is 5.93. The predicted octanol–water partition coefficient (Wildman–Crippen LogP) is 2.91. The van der Waals surface area contributed by atoms with E-state index in [4.69, 9.17) is 0 Å². The summed E-state index contributed by atoms with van der Waals surface area (Å²) in [6.07, 6.45) is 2.23. The number of carboxylic acids is 1. The Bertz CT molecular complexity index is 553. The normalized spacial score (nSPS) is 14.7. The van der Waals surface area contributed by atoms with Crippen LogP contribution >= 0.6 is 0 Å². The number of carboxylic acid groups (broad SMARTS) is 1. The third-order valence-electron chi connectivity index (χ3n) is 3.58. The van der Waals surface area contributed by atoms with Crippen molar-refractivity contribution in [2.75, 3.05) is 6.54 Å². The maximum Gasteiger partial charge on any atom is 0.343 e. The zero-order valence-corrected chi connectivity index (χ0v) is 12.3. The van der Waals surface area contributed by atoms with Crippen LogP contribution in [-0.4, -0.2) is 33.5 Å². The van der Waals surface area contributed by atoms with Crippen LogP contribution in [0, 0.1) is 16.0 Å². The molecule has 0 heterocycles. The Kier molecular flexibility index (Phi) is 4.57. The van der Waals surface area contributed by atoms with Gasteiger partial charge >= 0.3 is 5.97 Å². The van der Waals surface area contributed by atoms with E-state index in [1.165, 1.54) is 6.07 Å². The predicted molar refractivity (Wildman–Crippen MR) is 78.3 cm³/mol. The maximum atomic E-state index is 11.4. The lowest BCUT2D eigenvalue weighted by Gasteiger charge is -2.24. The Morgan fingerprint density at radius 3 is 2.62 bits per heavy atom. The van der Waals surface area contributed by atoms with E-state index in [2.05, 4.69) is 18.7 Å². The van der Waals surface area contributed by atoms with Gasteiger partial charge in [-0.05, 0) is 24.3 Å². The summed E-state index contributed by atoms with van der Waals surface area (Å²) < 4.78 is 0. The smallest absolute Gasteiger partial charge is 0.343 e. The van der Waals surface area contributed by atoms with E-state index >= 15 is 0 Å². The van der Waals surface area contributed by atoms with Gasteiger partial charge in [0.1, 0.15) is 5.56 Å². The molecule has 0 bridgehead atoms. The second-order valence-corrected chi connectivity index (χ2v) is 5.93. The minimum absolute atomic E-state index is 0.183. The van der Waals surface area contributed by atoms with Gasteiger partial charge < -0.3 is 5.11 Å². The standard InChI is InChI=1S/C15H20N2O4/c1-10(2)8-16(12-6-7-12)9-11-4-3-5-13(17(20)21)14(11)15(18)19/h3-5,10,12H,6-9H2,1-2H3,(H,18,19). The first-order valence-electron chi connectivity index (χ1n) is 7.13. The van der Waals surface area contributed by atoms with Crippen molar-refractivity contribution >= 4 is 11.7 Å². The molecular weight excluding hydrogens is 272 g/mol. The van der Waals surface area contributed by atoms with Crippen molar-refractivity contribution in [1.82, 2.24) is 4.90 Å². The molecule has 1 aromatic carbocycles. The molecule has 1 fully saturated rings. The number of hydrogen-bond acceptors (Lipinski definition) is 4. The summed E-state index contributed by atoms with van der Waals surface area (Å²) in [6, 6.07) is 4.96. The summed E-state index contributed by atoms with van der Waals surface area (Å²) in [6.45, 7) is 5.54. The monoisotopic (exact) mass is 292 g/mol.